The number of aliphatic hydroxyl groups is 1. The van der Waals surface area contributed by atoms with E-state index in [1.807, 2.05) is 12.3 Å². The third-order valence-corrected chi connectivity index (χ3v) is 3.75. The molecule has 1 aromatic rings. The third kappa shape index (κ3) is 4.18. The number of hydrogen-bond donors (Lipinski definition) is 2. The topological polar surface area (TPSA) is 65.5 Å². The standard InChI is InChI=1S/C13H21N3O2S/c1-4-16(8-13(2,3)18)12(17)15-11-14-10(7-19-11)9-5-6-9/h7,9,18H,4-6,8H2,1-3H3,(H,14,15,17). The minimum atomic E-state index is -0.893. The van der Waals surface area contributed by atoms with E-state index in [0.29, 0.717) is 24.1 Å². The average Bonchev–Trinajstić information content (AvgIpc) is 3.06. The molecule has 0 aromatic carbocycles. The second-order valence-corrected chi connectivity index (χ2v) is 6.47. The maximum Gasteiger partial charge on any atom is 0.323 e. The van der Waals surface area contributed by atoms with Gasteiger partial charge in [0.05, 0.1) is 17.8 Å². The minimum Gasteiger partial charge on any atom is -0.389 e. The normalized spacial score (nSPS) is 15.4. The van der Waals surface area contributed by atoms with Crippen LogP contribution in [0.3, 0.4) is 0 Å². The van der Waals surface area contributed by atoms with Crippen LogP contribution in [-0.2, 0) is 0 Å². The van der Waals surface area contributed by atoms with Gasteiger partial charge in [0.25, 0.3) is 0 Å². The summed E-state index contributed by atoms with van der Waals surface area (Å²) >= 11 is 1.46. The van der Waals surface area contributed by atoms with Gasteiger partial charge in [-0.3, -0.25) is 5.32 Å². The predicted molar refractivity (Wildman–Crippen MR) is 76.7 cm³/mol. The first kappa shape index (κ1) is 14.3. The molecule has 2 rings (SSSR count). The number of thiazole rings is 1. The molecule has 1 heterocycles. The Hall–Kier alpha value is -1.14. The van der Waals surface area contributed by atoms with Gasteiger partial charge in [-0.2, -0.15) is 0 Å². The van der Waals surface area contributed by atoms with Crippen LogP contribution >= 0.6 is 11.3 Å². The lowest BCUT2D eigenvalue weighted by atomic mass is 10.1. The van der Waals surface area contributed by atoms with Crippen LogP contribution in [0.15, 0.2) is 5.38 Å². The van der Waals surface area contributed by atoms with Crippen molar-refractivity contribution in [2.75, 3.05) is 18.4 Å². The molecule has 1 aromatic heterocycles. The van der Waals surface area contributed by atoms with Gasteiger partial charge in [0, 0.05) is 17.8 Å². The first-order valence-electron chi connectivity index (χ1n) is 6.63. The smallest absolute Gasteiger partial charge is 0.323 e. The monoisotopic (exact) mass is 283 g/mol. The van der Waals surface area contributed by atoms with E-state index < -0.39 is 5.60 Å². The molecule has 0 spiro atoms. The summed E-state index contributed by atoms with van der Waals surface area (Å²) in [4.78, 5) is 18.1. The SMILES string of the molecule is CCN(CC(C)(C)O)C(=O)Nc1nc(C2CC2)cs1. The Morgan fingerprint density at radius 3 is 2.84 bits per heavy atom. The van der Waals surface area contributed by atoms with Crippen molar-refractivity contribution in [2.45, 2.75) is 45.1 Å². The summed E-state index contributed by atoms with van der Waals surface area (Å²) in [5.41, 5.74) is 0.195. The number of nitrogens with one attached hydrogen (secondary N) is 1. The Kier molecular flexibility index (Phi) is 4.10. The van der Waals surface area contributed by atoms with Crippen molar-refractivity contribution in [2.24, 2.45) is 0 Å². The Labute approximate surface area is 117 Å². The molecule has 2 N–H and O–H groups in total. The van der Waals surface area contributed by atoms with E-state index in [4.69, 9.17) is 0 Å². The highest BCUT2D eigenvalue weighted by Crippen LogP contribution is 2.40. The van der Waals surface area contributed by atoms with E-state index in [2.05, 4.69) is 10.3 Å². The van der Waals surface area contributed by atoms with E-state index in [-0.39, 0.29) is 6.03 Å². The lowest BCUT2D eigenvalue weighted by Gasteiger charge is -2.27. The van der Waals surface area contributed by atoms with Crippen LogP contribution in [0.2, 0.25) is 0 Å². The molecule has 1 aliphatic carbocycles. The number of aromatic nitrogens is 1. The van der Waals surface area contributed by atoms with Gasteiger partial charge >= 0.3 is 6.03 Å². The zero-order valence-corrected chi connectivity index (χ0v) is 12.5. The molecule has 5 nitrogen and oxygen atoms in total. The number of hydrogen-bond acceptors (Lipinski definition) is 4. The molecule has 2 amide bonds. The van der Waals surface area contributed by atoms with Crippen molar-refractivity contribution < 1.29 is 9.90 Å². The van der Waals surface area contributed by atoms with Crippen LogP contribution in [-0.4, -0.2) is 39.7 Å². The predicted octanol–water partition coefficient (Wildman–Crippen LogP) is 2.65. The molecule has 1 saturated carbocycles. The fourth-order valence-electron chi connectivity index (χ4n) is 1.87. The molecule has 0 saturated heterocycles. The van der Waals surface area contributed by atoms with Crippen molar-refractivity contribution in [1.29, 1.82) is 0 Å². The number of nitrogens with zero attached hydrogens (tertiary/aromatic N) is 2. The Balaban J connectivity index is 1.93. The Morgan fingerprint density at radius 2 is 2.32 bits per heavy atom. The molecule has 106 valence electrons. The first-order valence-corrected chi connectivity index (χ1v) is 7.50. The second kappa shape index (κ2) is 5.46. The highest BCUT2D eigenvalue weighted by atomic mass is 32.1. The number of carbonyl (C=O) groups excluding carboxylic acids is 1. The van der Waals surface area contributed by atoms with Crippen molar-refractivity contribution in [3.05, 3.63) is 11.1 Å². The summed E-state index contributed by atoms with van der Waals surface area (Å²) in [6.45, 7) is 6.13. The van der Waals surface area contributed by atoms with Gasteiger partial charge in [-0.25, -0.2) is 9.78 Å². The van der Waals surface area contributed by atoms with Gasteiger partial charge in [-0.15, -0.1) is 11.3 Å². The summed E-state index contributed by atoms with van der Waals surface area (Å²) in [6, 6.07) is -0.207. The molecule has 0 aliphatic heterocycles. The van der Waals surface area contributed by atoms with Crippen LogP contribution < -0.4 is 5.32 Å². The fraction of sp³-hybridized carbons (Fsp3) is 0.692. The zero-order chi connectivity index (χ0) is 14.0. The Morgan fingerprint density at radius 1 is 1.63 bits per heavy atom. The molecule has 1 aliphatic rings. The maximum atomic E-state index is 12.1. The molecular formula is C13H21N3O2S. The van der Waals surface area contributed by atoms with Crippen molar-refractivity contribution in [1.82, 2.24) is 9.88 Å². The molecule has 1 fully saturated rings. The second-order valence-electron chi connectivity index (χ2n) is 5.61. The number of urea groups is 1. The minimum absolute atomic E-state index is 0.207. The van der Waals surface area contributed by atoms with Gasteiger partial charge in [0.2, 0.25) is 0 Å². The van der Waals surface area contributed by atoms with Crippen LogP contribution in [0.1, 0.15) is 45.2 Å². The Bertz CT molecular complexity index is 449. The van der Waals surface area contributed by atoms with Crippen LogP contribution in [0, 0.1) is 0 Å². The van der Waals surface area contributed by atoms with Gasteiger partial charge in [-0.05, 0) is 33.6 Å². The molecule has 6 heteroatoms. The van der Waals surface area contributed by atoms with Gasteiger partial charge in [0.15, 0.2) is 5.13 Å². The van der Waals surface area contributed by atoms with Gasteiger partial charge in [-0.1, -0.05) is 0 Å². The van der Waals surface area contributed by atoms with Crippen LogP contribution in [0.25, 0.3) is 0 Å². The van der Waals surface area contributed by atoms with E-state index in [1.54, 1.807) is 18.7 Å². The number of likely N-dealkylation sites (N-methyl/N-ethyl adjacent to an activating group) is 1. The average molecular weight is 283 g/mol. The first-order chi connectivity index (χ1) is 8.89. The summed E-state index contributed by atoms with van der Waals surface area (Å²) in [5, 5.41) is 15.2. The molecule has 0 unspecified atom stereocenters. The number of carbonyl (C=O) groups is 1. The van der Waals surface area contributed by atoms with E-state index >= 15 is 0 Å². The number of anilines is 1. The van der Waals surface area contributed by atoms with Crippen molar-refractivity contribution in [3.8, 4) is 0 Å². The zero-order valence-electron chi connectivity index (χ0n) is 11.6. The molecule has 0 bridgehead atoms. The lowest BCUT2D eigenvalue weighted by Crippen LogP contribution is -2.44. The van der Waals surface area contributed by atoms with Crippen LogP contribution in [0.4, 0.5) is 9.93 Å². The highest BCUT2D eigenvalue weighted by molar-refractivity contribution is 7.13. The highest BCUT2D eigenvalue weighted by Gasteiger charge is 2.27. The van der Waals surface area contributed by atoms with E-state index in [9.17, 15) is 9.90 Å². The lowest BCUT2D eigenvalue weighted by molar-refractivity contribution is 0.0501. The quantitative estimate of drug-likeness (QED) is 0.873. The fourth-order valence-corrected chi connectivity index (χ4v) is 2.66. The van der Waals surface area contributed by atoms with E-state index in [0.717, 1.165) is 5.69 Å². The third-order valence-electron chi connectivity index (χ3n) is 2.98. The van der Waals surface area contributed by atoms with Gasteiger partial charge in [0.1, 0.15) is 0 Å². The summed E-state index contributed by atoms with van der Waals surface area (Å²) in [5.74, 6) is 0.598. The molecule has 0 radical (unpaired) electrons. The van der Waals surface area contributed by atoms with Crippen LogP contribution in [0.5, 0.6) is 0 Å². The van der Waals surface area contributed by atoms with Gasteiger partial charge < -0.3 is 10.0 Å². The summed E-state index contributed by atoms with van der Waals surface area (Å²) in [7, 11) is 0. The van der Waals surface area contributed by atoms with Crippen molar-refractivity contribution >= 4 is 22.5 Å². The summed E-state index contributed by atoms with van der Waals surface area (Å²) < 4.78 is 0. The molecule has 0 atom stereocenters. The molecular weight excluding hydrogens is 262 g/mol. The number of rotatable bonds is 5. The van der Waals surface area contributed by atoms with E-state index in [1.165, 1.54) is 24.2 Å². The maximum absolute atomic E-state index is 12.1. The molecule has 19 heavy (non-hydrogen) atoms. The van der Waals surface area contributed by atoms with Crippen molar-refractivity contribution in [3.63, 3.8) is 0 Å². The summed E-state index contributed by atoms with van der Waals surface area (Å²) in [6.07, 6.45) is 2.41. The number of amides is 2. The largest absolute Gasteiger partial charge is 0.389 e.